The van der Waals surface area contributed by atoms with Crippen molar-refractivity contribution in [2.45, 2.75) is 13.0 Å². The maximum atomic E-state index is 12.1. The number of likely N-dealkylation sites (N-methyl/N-ethyl adjacent to an activating group) is 1. The van der Waals surface area contributed by atoms with Crippen LogP contribution < -0.4 is 20.3 Å². The number of methoxy groups -OCH3 is 1. The average molecular weight is 265 g/mol. The zero-order chi connectivity index (χ0) is 13.7. The summed E-state index contributed by atoms with van der Waals surface area (Å²) in [5.74, 6) is 1.22. The van der Waals surface area contributed by atoms with Gasteiger partial charge in [-0.1, -0.05) is 0 Å². The molecule has 104 valence electrons. The normalized spacial score (nSPS) is 19.1. The van der Waals surface area contributed by atoms with Crippen molar-refractivity contribution in [3.05, 3.63) is 12.4 Å². The smallest absolute Gasteiger partial charge is 0.244 e. The standard InChI is InChI=1S/C12H19N5O2/c1-3-14-12(18)9-7-13-4-5-17(9)10-6-11(19-2)16-8-15-10/h6,8-9,13H,3-5,7H2,1-2H3,(H,14,18). The quantitative estimate of drug-likeness (QED) is 0.757. The van der Waals surface area contributed by atoms with Crippen LogP contribution in [0.1, 0.15) is 6.92 Å². The number of amides is 1. The van der Waals surface area contributed by atoms with Crippen LogP contribution in [-0.4, -0.2) is 55.2 Å². The molecule has 1 fully saturated rings. The van der Waals surface area contributed by atoms with Gasteiger partial charge in [0.05, 0.1) is 7.11 Å². The summed E-state index contributed by atoms with van der Waals surface area (Å²) in [6, 6.07) is 1.49. The Kier molecular flexibility index (Phi) is 4.51. The molecule has 1 saturated heterocycles. The maximum absolute atomic E-state index is 12.1. The number of anilines is 1. The maximum Gasteiger partial charge on any atom is 0.244 e. The molecule has 1 aromatic rings. The number of ether oxygens (including phenoxy) is 1. The van der Waals surface area contributed by atoms with Gasteiger partial charge in [-0.05, 0) is 6.92 Å². The second-order valence-electron chi connectivity index (χ2n) is 4.23. The van der Waals surface area contributed by atoms with Crippen molar-refractivity contribution < 1.29 is 9.53 Å². The van der Waals surface area contributed by atoms with Gasteiger partial charge in [-0.25, -0.2) is 9.97 Å². The third-order valence-electron chi connectivity index (χ3n) is 3.03. The molecule has 1 aliphatic rings. The van der Waals surface area contributed by atoms with Gasteiger partial charge in [0.15, 0.2) is 0 Å². The molecule has 0 radical (unpaired) electrons. The second-order valence-corrected chi connectivity index (χ2v) is 4.23. The molecule has 1 amide bonds. The van der Waals surface area contributed by atoms with Crippen LogP contribution in [0, 0.1) is 0 Å². The predicted octanol–water partition coefficient (Wildman–Crippen LogP) is -0.600. The highest BCUT2D eigenvalue weighted by atomic mass is 16.5. The van der Waals surface area contributed by atoms with Crippen molar-refractivity contribution in [2.24, 2.45) is 0 Å². The summed E-state index contributed by atoms with van der Waals surface area (Å²) in [5.41, 5.74) is 0. The fourth-order valence-corrected chi connectivity index (χ4v) is 2.10. The summed E-state index contributed by atoms with van der Waals surface area (Å²) in [5, 5.41) is 6.07. The molecular weight excluding hydrogens is 246 g/mol. The van der Waals surface area contributed by atoms with Gasteiger partial charge >= 0.3 is 0 Å². The van der Waals surface area contributed by atoms with Gasteiger partial charge in [0.25, 0.3) is 0 Å². The van der Waals surface area contributed by atoms with Gasteiger partial charge in [0, 0.05) is 32.2 Å². The SMILES string of the molecule is CCNC(=O)C1CNCCN1c1cc(OC)ncn1. The average Bonchev–Trinajstić information content (AvgIpc) is 2.47. The van der Waals surface area contributed by atoms with E-state index in [2.05, 4.69) is 20.6 Å². The summed E-state index contributed by atoms with van der Waals surface area (Å²) >= 11 is 0. The van der Waals surface area contributed by atoms with E-state index in [0.29, 0.717) is 24.8 Å². The van der Waals surface area contributed by atoms with Crippen LogP contribution in [-0.2, 0) is 4.79 Å². The van der Waals surface area contributed by atoms with Crippen LogP contribution in [0.25, 0.3) is 0 Å². The van der Waals surface area contributed by atoms with E-state index < -0.39 is 0 Å². The van der Waals surface area contributed by atoms with E-state index in [-0.39, 0.29) is 11.9 Å². The Morgan fingerprint density at radius 1 is 1.63 bits per heavy atom. The number of nitrogens with one attached hydrogen (secondary N) is 2. The van der Waals surface area contributed by atoms with Crippen LogP contribution >= 0.6 is 0 Å². The largest absolute Gasteiger partial charge is 0.481 e. The molecule has 1 aliphatic heterocycles. The molecule has 2 heterocycles. The molecule has 2 N–H and O–H groups in total. The molecule has 0 bridgehead atoms. The highest BCUT2D eigenvalue weighted by Crippen LogP contribution is 2.19. The van der Waals surface area contributed by atoms with E-state index in [4.69, 9.17) is 4.74 Å². The molecule has 1 unspecified atom stereocenters. The van der Waals surface area contributed by atoms with E-state index in [0.717, 1.165) is 13.1 Å². The zero-order valence-corrected chi connectivity index (χ0v) is 11.2. The third kappa shape index (κ3) is 3.11. The van der Waals surface area contributed by atoms with Crippen LogP contribution in [0.3, 0.4) is 0 Å². The van der Waals surface area contributed by atoms with Gasteiger partial charge in [0.1, 0.15) is 18.2 Å². The number of carbonyl (C=O) groups is 1. The lowest BCUT2D eigenvalue weighted by Gasteiger charge is -2.35. The Bertz CT molecular complexity index is 440. The summed E-state index contributed by atoms with van der Waals surface area (Å²) in [6.45, 7) is 4.69. The fourth-order valence-electron chi connectivity index (χ4n) is 2.10. The summed E-state index contributed by atoms with van der Waals surface area (Å²) in [7, 11) is 1.56. The van der Waals surface area contributed by atoms with E-state index >= 15 is 0 Å². The lowest BCUT2D eigenvalue weighted by atomic mass is 10.1. The molecule has 7 nitrogen and oxygen atoms in total. The summed E-state index contributed by atoms with van der Waals surface area (Å²) in [4.78, 5) is 22.3. The molecule has 0 aliphatic carbocycles. The Balaban J connectivity index is 2.20. The van der Waals surface area contributed by atoms with Crippen molar-refractivity contribution >= 4 is 11.7 Å². The first-order valence-corrected chi connectivity index (χ1v) is 6.37. The molecule has 7 heteroatoms. The monoisotopic (exact) mass is 265 g/mol. The molecule has 1 aromatic heterocycles. The van der Waals surface area contributed by atoms with E-state index in [1.807, 2.05) is 11.8 Å². The van der Waals surface area contributed by atoms with Crippen molar-refractivity contribution in [1.29, 1.82) is 0 Å². The minimum atomic E-state index is -0.256. The van der Waals surface area contributed by atoms with Crippen molar-refractivity contribution in [1.82, 2.24) is 20.6 Å². The van der Waals surface area contributed by atoms with Crippen LogP contribution in [0.4, 0.5) is 5.82 Å². The van der Waals surface area contributed by atoms with E-state index in [1.54, 1.807) is 13.2 Å². The molecule has 19 heavy (non-hydrogen) atoms. The first-order valence-electron chi connectivity index (χ1n) is 6.37. The predicted molar refractivity (Wildman–Crippen MR) is 71.3 cm³/mol. The van der Waals surface area contributed by atoms with Crippen molar-refractivity contribution in [3.8, 4) is 5.88 Å². The highest BCUT2D eigenvalue weighted by Gasteiger charge is 2.29. The van der Waals surface area contributed by atoms with Gasteiger partial charge in [0.2, 0.25) is 11.8 Å². The van der Waals surface area contributed by atoms with E-state index in [9.17, 15) is 4.79 Å². The minimum Gasteiger partial charge on any atom is -0.481 e. The lowest BCUT2D eigenvalue weighted by Crippen LogP contribution is -2.58. The Labute approximate surface area is 112 Å². The number of nitrogens with zero attached hydrogens (tertiary/aromatic N) is 3. The number of piperazine rings is 1. The molecule has 1 atom stereocenters. The van der Waals surface area contributed by atoms with Gasteiger partial charge in [-0.2, -0.15) is 0 Å². The van der Waals surface area contributed by atoms with Crippen molar-refractivity contribution in [2.75, 3.05) is 38.2 Å². The lowest BCUT2D eigenvalue weighted by molar-refractivity contribution is -0.122. The fraction of sp³-hybridized carbons (Fsp3) is 0.583. The minimum absolute atomic E-state index is 0.00674. The number of rotatable bonds is 4. The van der Waals surface area contributed by atoms with Crippen LogP contribution in [0.2, 0.25) is 0 Å². The third-order valence-corrected chi connectivity index (χ3v) is 3.03. The molecular formula is C12H19N5O2. The van der Waals surface area contributed by atoms with E-state index in [1.165, 1.54) is 6.33 Å². The van der Waals surface area contributed by atoms with Gasteiger partial charge in [-0.15, -0.1) is 0 Å². The number of aromatic nitrogens is 2. The summed E-state index contributed by atoms with van der Waals surface area (Å²) < 4.78 is 5.09. The number of hydrogen-bond donors (Lipinski definition) is 2. The van der Waals surface area contributed by atoms with Crippen molar-refractivity contribution in [3.63, 3.8) is 0 Å². The molecule has 0 spiro atoms. The van der Waals surface area contributed by atoms with Gasteiger partial charge in [-0.3, -0.25) is 4.79 Å². The molecule has 2 rings (SSSR count). The first-order chi connectivity index (χ1) is 9.26. The summed E-state index contributed by atoms with van der Waals surface area (Å²) in [6.07, 6.45) is 1.45. The van der Waals surface area contributed by atoms with Crippen LogP contribution in [0.5, 0.6) is 5.88 Å². The van der Waals surface area contributed by atoms with Gasteiger partial charge < -0.3 is 20.3 Å². The Morgan fingerprint density at radius 2 is 2.47 bits per heavy atom. The number of carbonyl (C=O) groups excluding carboxylic acids is 1. The highest BCUT2D eigenvalue weighted by molar-refractivity contribution is 5.85. The molecule has 0 saturated carbocycles. The molecule has 0 aromatic carbocycles. The second kappa shape index (κ2) is 6.33. The topological polar surface area (TPSA) is 79.4 Å². The van der Waals surface area contributed by atoms with Crippen LogP contribution in [0.15, 0.2) is 12.4 Å². The first kappa shape index (κ1) is 13.5. The Hall–Kier alpha value is -1.89. The Morgan fingerprint density at radius 3 is 3.21 bits per heavy atom. The zero-order valence-electron chi connectivity index (χ0n) is 11.2. The number of hydrogen-bond acceptors (Lipinski definition) is 6.